The maximum atomic E-state index is 11.0. The number of carbonyl (C=O) groups excluding carboxylic acids is 1. The lowest BCUT2D eigenvalue weighted by Gasteiger charge is -2.29. The van der Waals surface area contributed by atoms with Gasteiger partial charge >= 0.3 is 0 Å². The van der Waals surface area contributed by atoms with Crippen LogP contribution in [0.25, 0.3) is 0 Å². The summed E-state index contributed by atoms with van der Waals surface area (Å²) in [5.41, 5.74) is 3.66. The number of nitrogens with one attached hydrogen (secondary N) is 1. The van der Waals surface area contributed by atoms with Crippen molar-refractivity contribution in [2.45, 2.75) is 40.0 Å². The second-order valence-electron chi connectivity index (χ2n) is 5.18. The molecule has 0 aliphatic rings. The molecule has 1 aromatic rings. The van der Waals surface area contributed by atoms with E-state index in [9.17, 15) is 4.79 Å². The molecule has 0 bridgehead atoms. The Kier molecular flexibility index (Phi) is 4.36. The first-order chi connectivity index (χ1) is 7.75. The fourth-order valence-electron chi connectivity index (χ4n) is 2.04. The van der Waals surface area contributed by atoms with Crippen LogP contribution in [0.5, 0.6) is 0 Å². The average molecular weight is 298 g/mol. The van der Waals surface area contributed by atoms with Crippen molar-refractivity contribution >= 4 is 21.8 Å². The number of amides is 1. The lowest BCUT2D eigenvalue weighted by atomic mass is 9.81. The quantitative estimate of drug-likeness (QED) is 0.909. The topological polar surface area (TPSA) is 29.1 Å². The Morgan fingerprint density at radius 2 is 1.82 bits per heavy atom. The number of carbonyl (C=O) groups is 1. The molecule has 0 aromatic heterocycles. The Balaban J connectivity index is 3.13. The molecule has 1 amide bonds. The van der Waals surface area contributed by atoms with E-state index in [0.717, 1.165) is 4.47 Å². The van der Waals surface area contributed by atoms with Crippen LogP contribution in [0.15, 0.2) is 16.6 Å². The summed E-state index contributed by atoms with van der Waals surface area (Å²) < 4.78 is 1.15. The summed E-state index contributed by atoms with van der Waals surface area (Å²) in [6.45, 7) is 10.7. The van der Waals surface area contributed by atoms with Crippen LogP contribution in [-0.4, -0.2) is 12.5 Å². The lowest BCUT2D eigenvalue weighted by molar-refractivity contribution is -0.119. The van der Waals surface area contributed by atoms with Gasteiger partial charge in [-0.3, -0.25) is 4.79 Å². The zero-order chi connectivity index (χ0) is 13.2. The summed E-state index contributed by atoms with van der Waals surface area (Å²) in [5, 5.41) is 2.90. The zero-order valence-electron chi connectivity index (χ0n) is 11.1. The predicted molar refractivity (Wildman–Crippen MR) is 75.3 cm³/mol. The second-order valence-corrected chi connectivity index (χ2v) is 5.97. The first kappa shape index (κ1) is 14.2. The number of rotatable bonds is 3. The number of halogens is 1. The smallest absolute Gasteiger partial charge is 0.216 e. The molecule has 94 valence electrons. The standard InChI is InChI=1S/C14H20BrNO/c1-9-6-7-10(2)13(15)12(9)14(4,5)8-16-11(3)17/h6-7H,8H2,1-5H3,(H,16,17). The fourth-order valence-corrected chi connectivity index (χ4v) is 3.02. The number of hydrogen-bond acceptors (Lipinski definition) is 1. The maximum Gasteiger partial charge on any atom is 0.216 e. The monoisotopic (exact) mass is 297 g/mol. The Morgan fingerprint density at radius 1 is 1.29 bits per heavy atom. The van der Waals surface area contributed by atoms with E-state index in [1.165, 1.54) is 16.7 Å². The maximum absolute atomic E-state index is 11.0. The molecule has 17 heavy (non-hydrogen) atoms. The van der Waals surface area contributed by atoms with Gasteiger partial charge in [-0.05, 0) is 30.5 Å². The highest BCUT2D eigenvalue weighted by Crippen LogP contribution is 2.34. The number of hydrogen-bond donors (Lipinski definition) is 1. The summed E-state index contributed by atoms with van der Waals surface area (Å²) in [5.74, 6) is 0.0134. The van der Waals surface area contributed by atoms with Crippen molar-refractivity contribution in [2.24, 2.45) is 0 Å². The highest BCUT2D eigenvalue weighted by molar-refractivity contribution is 9.10. The van der Waals surface area contributed by atoms with Gasteiger partial charge in [-0.15, -0.1) is 0 Å². The van der Waals surface area contributed by atoms with E-state index in [4.69, 9.17) is 0 Å². The van der Waals surface area contributed by atoms with Gasteiger partial charge in [-0.2, -0.15) is 0 Å². The minimum Gasteiger partial charge on any atom is -0.355 e. The van der Waals surface area contributed by atoms with Crippen LogP contribution in [0.2, 0.25) is 0 Å². The van der Waals surface area contributed by atoms with Crippen molar-refractivity contribution in [1.29, 1.82) is 0 Å². The van der Waals surface area contributed by atoms with E-state index in [2.05, 4.69) is 61.1 Å². The van der Waals surface area contributed by atoms with Gasteiger partial charge in [0, 0.05) is 23.4 Å². The molecule has 0 saturated heterocycles. The van der Waals surface area contributed by atoms with Crippen LogP contribution in [0, 0.1) is 13.8 Å². The van der Waals surface area contributed by atoms with Gasteiger partial charge in [0.1, 0.15) is 0 Å². The normalized spacial score (nSPS) is 11.4. The Hall–Kier alpha value is -0.830. The van der Waals surface area contributed by atoms with Gasteiger partial charge in [-0.25, -0.2) is 0 Å². The number of benzene rings is 1. The summed E-state index contributed by atoms with van der Waals surface area (Å²) >= 11 is 3.66. The van der Waals surface area contributed by atoms with Crippen LogP contribution >= 0.6 is 15.9 Å². The molecule has 0 aliphatic carbocycles. The lowest BCUT2D eigenvalue weighted by Crippen LogP contribution is -2.36. The molecule has 0 heterocycles. The van der Waals surface area contributed by atoms with Gasteiger partial charge in [0.15, 0.2) is 0 Å². The fraction of sp³-hybridized carbons (Fsp3) is 0.500. The molecule has 3 heteroatoms. The molecule has 0 saturated carbocycles. The zero-order valence-corrected chi connectivity index (χ0v) is 12.7. The van der Waals surface area contributed by atoms with E-state index < -0.39 is 0 Å². The van der Waals surface area contributed by atoms with E-state index in [1.807, 2.05) is 0 Å². The molecule has 1 rings (SSSR count). The molecule has 0 fully saturated rings. The molecule has 0 radical (unpaired) electrons. The van der Waals surface area contributed by atoms with E-state index in [-0.39, 0.29) is 11.3 Å². The van der Waals surface area contributed by atoms with Crippen LogP contribution in [0.1, 0.15) is 37.5 Å². The van der Waals surface area contributed by atoms with Gasteiger partial charge < -0.3 is 5.32 Å². The van der Waals surface area contributed by atoms with Crippen LogP contribution in [0.4, 0.5) is 0 Å². The predicted octanol–water partition coefficient (Wildman–Crippen LogP) is 3.48. The molecular formula is C14H20BrNO. The molecule has 0 unspecified atom stereocenters. The Bertz CT molecular complexity index is 438. The van der Waals surface area contributed by atoms with Crippen molar-refractivity contribution < 1.29 is 4.79 Å². The Labute approximate surface area is 112 Å². The van der Waals surface area contributed by atoms with Gasteiger partial charge in [0.2, 0.25) is 5.91 Å². The third kappa shape index (κ3) is 3.32. The molecule has 1 aromatic carbocycles. The van der Waals surface area contributed by atoms with Gasteiger partial charge in [0.25, 0.3) is 0 Å². The van der Waals surface area contributed by atoms with Crippen molar-refractivity contribution in [2.75, 3.05) is 6.54 Å². The first-order valence-corrected chi connectivity index (χ1v) is 6.55. The van der Waals surface area contributed by atoms with E-state index >= 15 is 0 Å². The highest BCUT2D eigenvalue weighted by Gasteiger charge is 2.25. The summed E-state index contributed by atoms with van der Waals surface area (Å²) in [6, 6.07) is 4.24. The number of aryl methyl sites for hydroxylation is 2. The SMILES string of the molecule is CC(=O)NCC(C)(C)c1c(C)ccc(C)c1Br. The van der Waals surface area contributed by atoms with E-state index in [1.54, 1.807) is 6.92 Å². The largest absolute Gasteiger partial charge is 0.355 e. The molecule has 0 aliphatic heterocycles. The van der Waals surface area contributed by atoms with Crippen molar-refractivity contribution in [3.63, 3.8) is 0 Å². The second kappa shape index (κ2) is 5.21. The third-order valence-electron chi connectivity index (χ3n) is 3.00. The van der Waals surface area contributed by atoms with Crippen LogP contribution in [0.3, 0.4) is 0 Å². The van der Waals surface area contributed by atoms with Gasteiger partial charge in [-0.1, -0.05) is 41.9 Å². The average Bonchev–Trinajstić information content (AvgIpc) is 2.21. The Morgan fingerprint density at radius 3 is 2.35 bits per heavy atom. The first-order valence-electron chi connectivity index (χ1n) is 5.76. The van der Waals surface area contributed by atoms with Gasteiger partial charge in [0.05, 0.1) is 0 Å². The highest BCUT2D eigenvalue weighted by atomic mass is 79.9. The van der Waals surface area contributed by atoms with Crippen LogP contribution < -0.4 is 5.32 Å². The molecule has 0 atom stereocenters. The molecule has 0 spiro atoms. The minimum atomic E-state index is -0.0827. The molecule has 1 N–H and O–H groups in total. The third-order valence-corrected chi connectivity index (χ3v) is 4.02. The van der Waals surface area contributed by atoms with Crippen LogP contribution in [-0.2, 0) is 10.2 Å². The van der Waals surface area contributed by atoms with Crippen molar-refractivity contribution in [3.05, 3.63) is 33.3 Å². The minimum absolute atomic E-state index is 0.0134. The summed E-state index contributed by atoms with van der Waals surface area (Å²) in [7, 11) is 0. The summed E-state index contributed by atoms with van der Waals surface area (Å²) in [6.07, 6.45) is 0. The molecule has 2 nitrogen and oxygen atoms in total. The van der Waals surface area contributed by atoms with Crippen molar-refractivity contribution in [1.82, 2.24) is 5.32 Å². The molecular weight excluding hydrogens is 278 g/mol. The summed E-state index contributed by atoms with van der Waals surface area (Å²) in [4.78, 5) is 11.0. The van der Waals surface area contributed by atoms with E-state index in [0.29, 0.717) is 6.54 Å². The van der Waals surface area contributed by atoms with Crippen molar-refractivity contribution in [3.8, 4) is 0 Å².